The zero-order valence-electron chi connectivity index (χ0n) is 19.1. The van der Waals surface area contributed by atoms with Crippen molar-refractivity contribution in [1.82, 2.24) is 14.9 Å². The van der Waals surface area contributed by atoms with Crippen LogP contribution in [0, 0.1) is 13.8 Å². The van der Waals surface area contributed by atoms with E-state index in [1.54, 1.807) is 7.11 Å². The molecule has 34 heavy (non-hydrogen) atoms. The maximum atomic E-state index is 13.6. The number of benzene rings is 3. The Hall–Kier alpha value is -3.78. The molecule has 0 bridgehead atoms. The number of aryl methyl sites for hydroxylation is 2. The second-order valence-electron chi connectivity index (χ2n) is 8.23. The standard InChI is InChI=1S/C26H25N5O2S/c1-16-9-10-17(2)21(15-16)27-25(32)23-22(18-11-13-20(33-3)14-12-18)30-31-24(28-29-26(31)34-23)19-7-5-4-6-8-19/h4-15,22-23,30H,1-3H3,(H,27,32)/t22-,23-/m1/s1. The Morgan fingerprint density at radius 1 is 1.03 bits per heavy atom. The second kappa shape index (κ2) is 9.23. The highest BCUT2D eigenvalue weighted by Crippen LogP contribution is 2.39. The lowest BCUT2D eigenvalue weighted by molar-refractivity contribution is -0.116. The molecule has 1 aromatic heterocycles. The lowest BCUT2D eigenvalue weighted by Crippen LogP contribution is -2.41. The van der Waals surface area contributed by atoms with Gasteiger partial charge in [-0.2, -0.15) is 0 Å². The number of ether oxygens (including phenoxy) is 1. The monoisotopic (exact) mass is 471 g/mol. The fourth-order valence-electron chi connectivity index (χ4n) is 3.97. The van der Waals surface area contributed by atoms with Crippen molar-refractivity contribution in [2.45, 2.75) is 30.3 Å². The Bertz CT molecular complexity index is 1320. The molecule has 4 aromatic rings. The van der Waals surface area contributed by atoms with Gasteiger partial charge in [0, 0.05) is 11.3 Å². The molecular weight excluding hydrogens is 446 g/mol. The predicted octanol–water partition coefficient (Wildman–Crippen LogP) is 4.97. The number of methoxy groups -OCH3 is 1. The van der Waals surface area contributed by atoms with Crippen LogP contribution in [0.1, 0.15) is 22.7 Å². The van der Waals surface area contributed by atoms with Crippen LogP contribution in [0.3, 0.4) is 0 Å². The van der Waals surface area contributed by atoms with Gasteiger partial charge in [0.15, 0.2) is 5.82 Å². The number of thioether (sulfide) groups is 1. The van der Waals surface area contributed by atoms with Gasteiger partial charge in [0.25, 0.3) is 0 Å². The van der Waals surface area contributed by atoms with Crippen molar-refractivity contribution in [3.05, 3.63) is 89.5 Å². The summed E-state index contributed by atoms with van der Waals surface area (Å²) in [7, 11) is 1.64. The molecule has 2 heterocycles. The summed E-state index contributed by atoms with van der Waals surface area (Å²) < 4.78 is 7.20. The van der Waals surface area contributed by atoms with Gasteiger partial charge in [0.05, 0.1) is 13.2 Å². The minimum absolute atomic E-state index is 0.0949. The second-order valence-corrected chi connectivity index (χ2v) is 9.34. The summed E-state index contributed by atoms with van der Waals surface area (Å²) in [6.45, 7) is 4.00. The summed E-state index contributed by atoms with van der Waals surface area (Å²) in [5.41, 5.74) is 8.35. The van der Waals surface area contributed by atoms with Crippen LogP contribution >= 0.6 is 11.8 Å². The van der Waals surface area contributed by atoms with E-state index in [1.165, 1.54) is 11.8 Å². The largest absolute Gasteiger partial charge is 0.497 e. The van der Waals surface area contributed by atoms with Gasteiger partial charge < -0.3 is 15.5 Å². The summed E-state index contributed by atoms with van der Waals surface area (Å²) in [4.78, 5) is 13.6. The van der Waals surface area contributed by atoms with Gasteiger partial charge in [-0.25, -0.2) is 4.68 Å². The number of carbonyl (C=O) groups is 1. The summed E-state index contributed by atoms with van der Waals surface area (Å²) in [6.07, 6.45) is 0. The highest BCUT2D eigenvalue weighted by atomic mass is 32.2. The number of carbonyl (C=O) groups excluding carboxylic acids is 1. The molecule has 0 radical (unpaired) electrons. The quantitative estimate of drug-likeness (QED) is 0.428. The number of anilines is 1. The molecule has 1 aliphatic heterocycles. The Labute approximate surface area is 202 Å². The predicted molar refractivity (Wildman–Crippen MR) is 135 cm³/mol. The molecule has 0 saturated carbocycles. The van der Waals surface area contributed by atoms with Crippen molar-refractivity contribution in [2.75, 3.05) is 17.9 Å². The van der Waals surface area contributed by atoms with E-state index in [-0.39, 0.29) is 11.9 Å². The van der Waals surface area contributed by atoms with Crippen molar-refractivity contribution in [3.63, 3.8) is 0 Å². The Morgan fingerprint density at radius 2 is 1.79 bits per heavy atom. The number of nitrogens with one attached hydrogen (secondary N) is 2. The molecule has 5 rings (SSSR count). The van der Waals surface area contributed by atoms with Gasteiger partial charge in [-0.05, 0) is 48.7 Å². The molecule has 8 heteroatoms. The fourth-order valence-corrected chi connectivity index (χ4v) is 5.04. The molecule has 0 unspecified atom stereocenters. The van der Waals surface area contributed by atoms with Crippen LogP contribution in [0.15, 0.2) is 78.0 Å². The normalized spacial score (nSPS) is 16.9. The number of aromatic nitrogens is 3. The highest BCUT2D eigenvalue weighted by Gasteiger charge is 2.38. The maximum Gasteiger partial charge on any atom is 0.240 e. The first-order valence-corrected chi connectivity index (χ1v) is 11.9. The molecule has 3 aromatic carbocycles. The first-order chi connectivity index (χ1) is 16.5. The number of hydrogen-bond donors (Lipinski definition) is 2. The van der Waals surface area contributed by atoms with Gasteiger partial charge >= 0.3 is 0 Å². The summed E-state index contributed by atoms with van der Waals surface area (Å²) in [5.74, 6) is 1.37. The van der Waals surface area contributed by atoms with Crippen molar-refractivity contribution in [3.8, 4) is 17.1 Å². The van der Waals surface area contributed by atoms with Crippen LogP contribution < -0.4 is 15.5 Å². The van der Waals surface area contributed by atoms with Gasteiger partial charge in [0.1, 0.15) is 11.0 Å². The van der Waals surface area contributed by atoms with E-state index in [1.807, 2.05) is 91.3 Å². The zero-order valence-corrected chi connectivity index (χ0v) is 20.0. The number of hydrogen-bond acceptors (Lipinski definition) is 6. The van der Waals surface area contributed by atoms with Gasteiger partial charge in [0.2, 0.25) is 11.1 Å². The smallest absolute Gasteiger partial charge is 0.240 e. The molecule has 1 aliphatic rings. The van der Waals surface area contributed by atoms with Crippen molar-refractivity contribution >= 4 is 23.4 Å². The molecule has 0 fully saturated rings. The first kappa shape index (κ1) is 22.0. The third-order valence-corrected chi connectivity index (χ3v) is 7.07. The lowest BCUT2D eigenvalue weighted by Gasteiger charge is -2.33. The number of amides is 1. The van der Waals surface area contributed by atoms with Crippen molar-refractivity contribution < 1.29 is 9.53 Å². The maximum absolute atomic E-state index is 13.6. The van der Waals surface area contributed by atoms with Gasteiger partial charge in [-0.15, -0.1) is 10.2 Å². The number of nitrogens with zero attached hydrogens (tertiary/aromatic N) is 3. The van der Waals surface area contributed by atoms with E-state index < -0.39 is 5.25 Å². The molecule has 172 valence electrons. The number of rotatable bonds is 5. The lowest BCUT2D eigenvalue weighted by atomic mass is 10.0. The Morgan fingerprint density at radius 3 is 2.53 bits per heavy atom. The third-order valence-electron chi connectivity index (χ3n) is 5.85. The van der Waals surface area contributed by atoms with E-state index in [4.69, 9.17) is 4.74 Å². The van der Waals surface area contributed by atoms with E-state index in [2.05, 4.69) is 20.9 Å². The van der Waals surface area contributed by atoms with Crippen LogP contribution in [0.4, 0.5) is 5.69 Å². The highest BCUT2D eigenvalue weighted by molar-refractivity contribution is 8.00. The van der Waals surface area contributed by atoms with Gasteiger partial charge in [-0.1, -0.05) is 66.4 Å². The first-order valence-electron chi connectivity index (χ1n) is 11.0. The minimum Gasteiger partial charge on any atom is -0.497 e. The van der Waals surface area contributed by atoms with Crippen LogP contribution in [0.2, 0.25) is 0 Å². The summed E-state index contributed by atoms with van der Waals surface area (Å²) >= 11 is 1.41. The molecule has 0 spiro atoms. The van der Waals surface area contributed by atoms with Crippen LogP contribution in [-0.2, 0) is 4.79 Å². The van der Waals surface area contributed by atoms with E-state index in [9.17, 15) is 4.79 Å². The molecule has 0 aliphatic carbocycles. The molecule has 7 nitrogen and oxygen atoms in total. The van der Waals surface area contributed by atoms with Crippen LogP contribution in [-0.4, -0.2) is 33.1 Å². The minimum atomic E-state index is -0.464. The van der Waals surface area contributed by atoms with E-state index in [0.29, 0.717) is 11.0 Å². The topological polar surface area (TPSA) is 81.1 Å². The van der Waals surface area contributed by atoms with Crippen LogP contribution in [0.5, 0.6) is 5.75 Å². The summed E-state index contributed by atoms with van der Waals surface area (Å²) in [6, 6.07) is 23.4. The molecule has 2 N–H and O–H groups in total. The summed E-state index contributed by atoms with van der Waals surface area (Å²) in [5, 5.41) is 12.1. The van der Waals surface area contributed by atoms with Crippen molar-refractivity contribution in [2.24, 2.45) is 0 Å². The molecule has 1 amide bonds. The molecule has 2 atom stereocenters. The fraction of sp³-hybridized carbons (Fsp3) is 0.192. The van der Waals surface area contributed by atoms with Gasteiger partial charge in [-0.3, -0.25) is 4.79 Å². The van der Waals surface area contributed by atoms with E-state index >= 15 is 0 Å². The zero-order chi connectivity index (χ0) is 23.7. The SMILES string of the molecule is COc1ccc([C@H]2Nn3c(nnc3-c3ccccc3)S[C@H]2C(=O)Nc2cc(C)ccc2C)cc1. The Balaban J connectivity index is 1.52. The average molecular weight is 472 g/mol. The third kappa shape index (κ3) is 4.24. The Kier molecular flexibility index (Phi) is 5.98. The molecular formula is C26H25N5O2S. The number of fused-ring (bicyclic) bond motifs is 1. The van der Waals surface area contributed by atoms with E-state index in [0.717, 1.165) is 33.7 Å². The van der Waals surface area contributed by atoms with Crippen LogP contribution in [0.25, 0.3) is 11.4 Å². The van der Waals surface area contributed by atoms with Crippen molar-refractivity contribution in [1.29, 1.82) is 0 Å². The molecule has 0 saturated heterocycles. The average Bonchev–Trinajstić information content (AvgIpc) is 3.29.